The van der Waals surface area contributed by atoms with Crippen molar-refractivity contribution in [3.05, 3.63) is 35.4 Å². The smallest absolute Gasteiger partial charge is 0.176 e. The lowest BCUT2D eigenvalue weighted by Crippen LogP contribution is -2.31. The van der Waals surface area contributed by atoms with Crippen LogP contribution in [0.3, 0.4) is 0 Å². The lowest BCUT2D eigenvalue weighted by Gasteiger charge is -2.20. The van der Waals surface area contributed by atoms with Crippen molar-refractivity contribution in [2.75, 3.05) is 40.3 Å². The maximum atomic E-state index is 12.2. The first-order valence-electron chi connectivity index (χ1n) is 7.01. The highest BCUT2D eigenvalue weighted by Gasteiger charge is 2.21. The van der Waals surface area contributed by atoms with Crippen LogP contribution in [-0.4, -0.2) is 55.9 Å². The monoisotopic (exact) mass is 260 g/mol. The summed E-state index contributed by atoms with van der Waals surface area (Å²) in [7, 11) is 4.21. The van der Waals surface area contributed by atoms with Crippen LogP contribution >= 0.6 is 0 Å². The molecule has 3 heteroatoms. The molecular formula is C16H24N2O. The Balaban J connectivity index is 1.83. The summed E-state index contributed by atoms with van der Waals surface area (Å²) in [6, 6.07) is 7.85. The number of benzene rings is 1. The number of carbonyl (C=O) groups is 1. The maximum Gasteiger partial charge on any atom is 0.176 e. The summed E-state index contributed by atoms with van der Waals surface area (Å²) in [6.45, 7) is 5.91. The van der Waals surface area contributed by atoms with E-state index < -0.39 is 0 Å². The number of likely N-dealkylation sites (tertiary alicyclic amines) is 1. The van der Waals surface area contributed by atoms with Gasteiger partial charge in [-0.2, -0.15) is 0 Å². The lowest BCUT2D eigenvalue weighted by atomic mass is 10.1. The number of Topliss-reactive ketones (excluding diaryl/α,β-unsaturated/α-hetero) is 1. The van der Waals surface area contributed by atoms with Crippen LogP contribution in [0.5, 0.6) is 0 Å². The lowest BCUT2D eigenvalue weighted by molar-refractivity contribution is 0.0938. The predicted molar refractivity (Wildman–Crippen MR) is 78.6 cm³/mol. The van der Waals surface area contributed by atoms with E-state index in [0.29, 0.717) is 12.5 Å². The quantitative estimate of drug-likeness (QED) is 0.757. The Kier molecular flexibility index (Phi) is 4.72. The minimum absolute atomic E-state index is 0.217. The van der Waals surface area contributed by atoms with Gasteiger partial charge in [-0.1, -0.05) is 29.8 Å². The van der Waals surface area contributed by atoms with Crippen LogP contribution in [-0.2, 0) is 0 Å². The van der Waals surface area contributed by atoms with Gasteiger partial charge in [-0.15, -0.1) is 0 Å². The van der Waals surface area contributed by atoms with E-state index in [9.17, 15) is 4.79 Å². The van der Waals surface area contributed by atoms with Gasteiger partial charge in [-0.3, -0.25) is 9.69 Å². The summed E-state index contributed by atoms with van der Waals surface area (Å²) in [5.74, 6) is 0.926. The molecule has 0 aliphatic carbocycles. The molecule has 104 valence electrons. The molecule has 0 radical (unpaired) electrons. The van der Waals surface area contributed by atoms with Crippen molar-refractivity contribution in [1.82, 2.24) is 9.80 Å². The summed E-state index contributed by atoms with van der Waals surface area (Å²) >= 11 is 0. The molecule has 1 fully saturated rings. The molecule has 0 saturated carbocycles. The first-order valence-corrected chi connectivity index (χ1v) is 7.01. The third kappa shape index (κ3) is 4.15. The standard InChI is InChI=1S/C16H24N2O/c1-13-4-6-15(7-5-13)16(19)12-18(3)11-14-8-9-17(2)10-14/h4-7,14H,8-12H2,1-3H3. The summed E-state index contributed by atoms with van der Waals surface area (Å²) in [5, 5.41) is 0. The number of ketones is 1. The zero-order valence-corrected chi connectivity index (χ0v) is 12.2. The molecule has 1 heterocycles. The molecule has 19 heavy (non-hydrogen) atoms. The van der Waals surface area contributed by atoms with E-state index in [1.165, 1.54) is 18.5 Å². The van der Waals surface area contributed by atoms with Gasteiger partial charge in [0, 0.05) is 18.7 Å². The number of likely N-dealkylation sites (N-methyl/N-ethyl adjacent to an activating group) is 1. The molecule has 1 aliphatic heterocycles. The number of rotatable bonds is 5. The molecule has 0 N–H and O–H groups in total. The van der Waals surface area contributed by atoms with E-state index in [1.807, 2.05) is 38.2 Å². The molecule has 1 atom stereocenters. The second kappa shape index (κ2) is 6.31. The van der Waals surface area contributed by atoms with E-state index in [-0.39, 0.29) is 5.78 Å². The molecule has 1 saturated heterocycles. The van der Waals surface area contributed by atoms with Crippen molar-refractivity contribution in [2.24, 2.45) is 5.92 Å². The molecule has 1 aromatic carbocycles. The second-order valence-corrected chi connectivity index (χ2v) is 5.90. The van der Waals surface area contributed by atoms with Gasteiger partial charge in [0.1, 0.15) is 0 Å². The Morgan fingerprint density at radius 1 is 1.37 bits per heavy atom. The van der Waals surface area contributed by atoms with Crippen molar-refractivity contribution in [3.63, 3.8) is 0 Å². The van der Waals surface area contributed by atoms with Gasteiger partial charge in [0.05, 0.1) is 6.54 Å². The predicted octanol–water partition coefficient (Wildman–Crippen LogP) is 2.06. The number of aryl methyl sites for hydroxylation is 1. The normalized spacial score (nSPS) is 20.1. The van der Waals surface area contributed by atoms with Crippen LogP contribution in [0.25, 0.3) is 0 Å². The van der Waals surface area contributed by atoms with Crippen molar-refractivity contribution in [1.29, 1.82) is 0 Å². The van der Waals surface area contributed by atoms with Gasteiger partial charge >= 0.3 is 0 Å². The highest BCUT2D eigenvalue weighted by atomic mass is 16.1. The Morgan fingerprint density at radius 2 is 2.05 bits per heavy atom. The van der Waals surface area contributed by atoms with Gasteiger partial charge in [-0.25, -0.2) is 0 Å². The van der Waals surface area contributed by atoms with Gasteiger partial charge in [0.15, 0.2) is 5.78 Å². The third-order valence-electron chi connectivity index (χ3n) is 3.85. The van der Waals surface area contributed by atoms with Crippen LogP contribution < -0.4 is 0 Å². The zero-order chi connectivity index (χ0) is 13.8. The number of carbonyl (C=O) groups excluding carboxylic acids is 1. The van der Waals surface area contributed by atoms with E-state index >= 15 is 0 Å². The molecule has 2 rings (SSSR count). The minimum atomic E-state index is 0.217. The average Bonchev–Trinajstić information content (AvgIpc) is 2.75. The maximum absolute atomic E-state index is 12.2. The van der Waals surface area contributed by atoms with Gasteiger partial charge in [0.25, 0.3) is 0 Å². The third-order valence-corrected chi connectivity index (χ3v) is 3.85. The molecule has 0 aromatic heterocycles. The Bertz CT molecular complexity index is 427. The van der Waals surface area contributed by atoms with Crippen LogP contribution in [0.1, 0.15) is 22.3 Å². The Hall–Kier alpha value is -1.19. The number of hydrogen-bond acceptors (Lipinski definition) is 3. The van der Waals surface area contributed by atoms with Crippen LogP contribution in [0.2, 0.25) is 0 Å². The Morgan fingerprint density at radius 3 is 2.63 bits per heavy atom. The van der Waals surface area contributed by atoms with Crippen molar-refractivity contribution in [3.8, 4) is 0 Å². The Labute approximate surface area is 116 Å². The van der Waals surface area contributed by atoms with Crippen molar-refractivity contribution in [2.45, 2.75) is 13.3 Å². The molecule has 0 spiro atoms. The van der Waals surface area contributed by atoms with Crippen LogP contribution in [0.15, 0.2) is 24.3 Å². The van der Waals surface area contributed by atoms with Crippen LogP contribution in [0.4, 0.5) is 0 Å². The van der Waals surface area contributed by atoms with E-state index in [1.54, 1.807) is 0 Å². The van der Waals surface area contributed by atoms with Crippen molar-refractivity contribution >= 4 is 5.78 Å². The van der Waals surface area contributed by atoms with Crippen LogP contribution in [0, 0.1) is 12.8 Å². The number of hydrogen-bond donors (Lipinski definition) is 0. The van der Waals surface area contributed by atoms with E-state index in [2.05, 4.69) is 16.8 Å². The fraction of sp³-hybridized carbons (Fsp3) is 0.562. The van der Waals surface area contributed by atoms with E-state index in [4.69, 9.17) is 0 Å². The second-order valence-electron chi connectivity index (χ2n) is 5.90. The molecule has 0 amide bonds. The first kappa shape index (κ1) is 14.2. The molecule has 1 aliphatic rings. The highest BCUT2D eigenvalue weighted by molar-refractivity contribution is 5.97. The molecule has 1 aromatic rings. The van der Waals surface area contributed by atoms with Gasteiger partial charge in [0.2, 0.25) is 0 Å². The molecule has 3 nitrogen and oxygen atoms in total. The van der Waals surface area contributed by atoms with Crippen molar-refractivity contribution < 1.29 is 4.79 Å². The first-order chi connectivity index (χ1) is 9.04. The molecule has 0 bridgehead atoms. The largest absolute Gasteiger partial charge is 0.306 e. The fourth-order valence-corrected chi connectivity index (χ4v) is 2.76. The number of nitrogens with zero attached hydrogens (tertiary/aromatic N) is 2. The van der Waals surface area contributed by atoms with Gasteiger partial charge < -0.3 is 4.90 Å². The molecular weight excluding hydrogens is 236 g/mol. The summed E-state index contributed by atoms with van der Waals surface area (Å²) in [5.41, 5.74) is 2.01. The SMILES string of the molecule is Cc1ccc(C(=O)CN(C)CC2CCN(C)C2)cc1. The molecule has 1 unspecified atom stereocenters. The average molecular weight is 260 g/mol. The topological polar surface area (TPSA) is 23.6 Å². The summed E-state index contributed by atoms with van der Waals surface area (Å²) in [4.78, 5) is 16.7. The zero-order valence-electron chi connectivity index (χ0n) is 12.2. The van der Waals surface area contributed by atoms with Gasteiger partial charge in [-0.05, 0) is 39.9 Å². The minimum Gasteiger partial charge on any atom is -0.306 e. The highest BCUT2D eigenvalue weighted by Crippen LogP contribution is 2.15. The summed E-state index contributed by atoms with van der Waals surface area (Å²) in [6.07, 6.45) is 1.25. The summed E-state index contributed by atoms with van der Waals surface area (Å²) < 4.78 is 0. The van der Waals surface area contributed by atoms with E-state index in [0.717, 1.165) is 18.7 Å². The fourth-order valence-electron chi connectivity index (χ4n) is 2.76.